The van der Waals surface area contributed by atoms with Crippen molar-refractivity contribution in [3.05, 3.63) is 29.8 Å². The summed E-state index contributed by atoms with van der Waals surface area (Å²) in [6.07, 6.45) is 8.12. The third-order valence-corrected chi connectivity index (χ3v) is 4.98. The van der Waals surface area contributed by atoms with Crippen molar-refractivity contribution in [3.8, 4) is 0 Å². The molecule has 1 amide bonds. The number of unbranched alkanes of at least 4 members (excludes halogenated alkanes) is 2. The molecule has 0 bridgehead atoms. The van der Waals surface area contributed by atoms with E-state index in [0.29, 0.717) is 12.6 Å². The number of carbonyl (C=O) groups excluding carboxylic acids is 1. The summed E-state index contributed by atoms with van der Waals surface area (Å²) in [5, 5.41) is 9.83. The highest BCUT2D eigenvalue weighted by atomic mass is 16.1. The number of nitrogens with one attached hydrogen (secondary N) is 3. The molecule has 26 heavy (non-hydrogen) atoms. The quantitative estimate of drug-likeness (QED) is 0.354. The smallest absolute Gasteiger partial charge is 0.227 e. The number of rotatable bonds is 9. The predicted molar refractivity (Wildman–Crippen MR) is 109 cm³/mol. The summed E-state index contributed by atoms with van der Waals surface area (Å²) < 4.78 is 0. The molecule has 2 rings (SSSR count). The van der Waals surface area contributed by atoms with E-state index in [1.807, 2.05) is 18.2 Å². The summed E-state index contributed by atoms with van der Waals surface area (Å²) in [6, 6.07) is 8.42. The van der Waals surface area contributed by atoms with E-state index in [1.165, 1.54) is 25.7 Å². The third-order valence-electron chi connectivity index (χ3n) is 4.98. The molecule has 1 saturated carbocycles. The highest BCUT2D eigenvalue weighted by Gasteiger charge is 2.25. The average Bonchev–Trinajstić information content (AvgIpc) is 2.57. The van der Waals surface area contributed by atoms with Crippen LogP contribution < -0.4 is 16.0 Å². The summed E-state index contributed by atoms with van der Waals surface area (Å²) in [6.45, 7) is 5.09. The maximum Gasteiger partial charge on any atom is 0.227 e. The molecular formula is C21H34N4O. The first-order valence-electron chi connectivity index (χ1n) is 9.99. The molecule has 0 heterocycles. The van der Waals surface area contributed by atoms with Crippen LogP contribution in [0.3, 0.4) is 0 Å². The minimum atomic E-state index is 0.153. The molecule has 1 unspecified atom stereocenters. The number of hydrogen-bond acceptors (Lipinski definition) is 2. The van der Waals surface area contributed by atoms with Crippen molar-refractivity contribution in [1.29, 1.82) is 0 Å². The van der Waals surface area contributed by atoms with Gasteiger partial charge in [0.2, 0.25) is 5.91 Å². The van der Waals surface area contributed by atoms with Crippen LogP contribution in [-0.2, 0) is 11.3 Å². The molecule has 0 aliphatic heterocycles. The largest absolute Gasteiger partial charge is 0.354 e. The van der Waals surface area contributed by atoms with E-state index in [9.17, 15) is 4.79 Å². The molecule has 0 saturated heterocycles. The second-order valence-corrected chi connectivity index (χ2v) is 7.28. The normalized spacial score (nSPS) is 15.9. The Morgan fingerprint density at radius 2 is 2.12 bits per heavy atom. The fourth-order valence-corrected chi connectivity index (χ4v) is 3.06. The predicted octanol–water partition coefficient (Wildman–Crippen LogP) is 4.06. The van der Waals surface area contributed by atoms with Crippen LogP contribution >= 0.6 is 0 Å². The van der Waals surface area contributed by atoms with Crippen molar-refractivity contribution in [2.24, 2.45) is 10.9 Å². The van der Waals surface area contributed by atoms with E-state index in [4.69, 9.17) is 0 Å². The first-order valence-corrected chi connectivity index (χ1v) is 9.99. The zero-order valence-corrected chi connectivity index (χ0v) is 16.5. The van der Waals surface area contributed by atoms with Gasteiger partial charge in [0.25, 0.3) is 0 Å². The molecule has 1 aromatic rings. The van der Waals surface area contributed by atoms with E-state index in [0.717, 1.165) is 36.5 Å². The van der Waals surface area contributed by atoms with Crippen LogP contribution in [0.1, 0.15) is 64.4 Å². The van der Waals surface area contributed by atoms with Crippen LogP contribution in [0, 0.1) is 5.92 Å². The molecule has 3 N–H and O–H groups in total. The van der Waals surface area contributed by atoms with Gasteiger partial charge in [-0.25, -0.2) is 0 Å². The summed E-state index contributed by atoms with van der Waals surface area (Å²) in [5.74, 6) is 1.17. The van der Waals surface area contributed by atoms with Gasteiger partial charge < -0.3 is 16.0 Å². The number of carbonyl (C=O) groups is 1. The summed E-state index contributed by atoms with van der Waals surface area (Å²) >= 11 is 0. The zero-order valence-electron chi connectivity index (χ0n) is 16.5. The second-order valence-electron chi connectivity index (χ2n) is 7.28. The average molecular weight is 359 g/mol. The van der Waals surface area contributed by atoms with Gasteiger partial charge in [0.1, 0.15) is 0 Å². The van der Waals surface area contributed by atoms with E-state index in [1.54, 1.807) is 7.05 Å². The lowest BCUT2D eigenvalue weighted by atomic mass is 9.85. The number of hydrogen-bond donors (Lipinski definition) is 3. The fourth-order valence-electron chi connectivity index (χ4n) is 3.06. The van der Waals surface area contributed by atoms with Crippen molar-refractivity contribution in [3.63, 3.8) is 0 Å². The van der Waals surface area contributed by atoms with Gasteiger partial charge in [-0.05, 0) is 43.9 Å². The number of nitrogens with zero attached hydrogens (tertiary/aromatic N) is 1. The fraction of sp³-hybridized carbons (Fsp3) is 0.619. The molecule has 1 atom stereocenters. The van der Waals surface area contributed by atoms with Crippen LogP contribution in [0.15, 0.2) is 29.3 Å². The Bertz CT molecular complexity index is 595. The molecule has 0 aromatic heterocycles. The molecule has 1 aliphatic carbocycles. The molecule has 5 nitrogen and oxygen atoms in total. The topological polar surface area (TPSA) is 65.5 Å². The Balaban J connectivity index is 1.79. The maximum absolute atomic E-state index is 12.1. The molecule has 1 aromatic carbocycles. The number of guanidine groups is 1. The van der Waals surface area contributed by atoms with Crippen LogP contribution in [0.25, 0.3) is 0 Å². The highest BCUT2D eigenvalue weighted by Crippen LogP contribution is 2.27. The minimum absolute atomic E-state index is 0.153. The van der Waals surface area contributed by atoms with Crippen molar-refractivity contribution in [1.82, 2.24) is 10.6 Å². The van der Waals surface area contributed by atoms with Gasteiger partial charge in [0, 0.05) is 31.2 Å². The van der Waals surface area contributed by atoms with Crippen molar-refractivity contribution in [2.75, 3.05) is 12.4 Å². The second kappa shape index (κ2) is 10.8. The van der Waals surface area contributed by atoms with Gasteiger partial charge in [0.05, 0.1) is 0 Å². The number of aliphatic imine (C=N–C) groups is 1. The van der Waals surface area contributed by atoms with E-state index < -0.39 is 0 Å². The first-order chi connectivity index (χ1) is 12.6. The molecular weight excluding hydrogens is 324 g/mol. The summed E-state index contributed by atoms with van der Waals surface area (Å²) in [7, 11) is 1.80. The molecule has 1 fully saturated rings. The summed E-state index contributed by atoms with van der Waals surface area (Å²) in [5.41, 5.74) is 2.00. The zero-order chi connectivity index (χ0) is 18.8. The Morgan fingerprint density at radius 1 is 1.31 bits per heavy atom. The Kier molecular flexibility index (Phi) is 8.45. The van der Waals surface area contributed by atoms with E-state index in [2.05, 4.69) is 40.9 Å². The molecule has 1 aliphatic rings. The molecule has 0 radical (unpaired) electrons. The van der Waals surface area contributed by atoms with Crippen molar-refractivity contribution < 1.29 is 4.79 Å². The van der Waals surface area contributed by atoms with Crippen molar-refractivity contribution in [2.45, 2.75) is 71.4 Å². The van der Waals surface area contributed by atoms with Gasteiger partial charge in [-0.3, -0.25) is 9.79 Å². The SMILES string of the molecule is CCCCCC(C)NC(=NC)NCc1cccc(NC(=O)C2CCC2)c1. The van der Waals surface area contributed by atoms with Crippen LogP contribution in [-0.4, -0.2) is 25.0 Å². The van der Waals surface area contributed by atoms with Gasteiger partial charge in [0.15, 0.2) is 5.96 Å². The van der Waals surface area contributed by atoms with Crippen LogP contribution in [0.5, 0.6) is 0 Å². The Labute approximate surface area is 158 Å². The summed E-state index contributed by atoms with van der Waals surface area (Å²) in [4.78, 5) is 16.4. The number of anilines is 1. The minimum Gasteiger partial charge on any atom is -0.354 e. The monoisotopic (exact) mass is 358 g/mol. The van der Waals surface area contributed by atoms with Gasteiger partial charge in [-0.1, -0.05) is 44.7 Å². The Hall–Kier alpha value is -2.04. The van der Waals surface area contributed by atoms with Crippen LogP contribution in [0.4, 0.5) is 5.69 Å². The molecule has 0 spiro atoms. The standard InChI is InChI=1S/C21H34N4O/c1-4-5-6-9-16(2)24-21(22-3)23-15-17-10-7-13-19(14-17)25-20(26)18-11-8-12-18/h7,10,13-14,16,18H,4-6,8-9,11-12,15H2,1-3H3,(H,25,26)(H2,22,23,24). The lowest BCUT2D eigenvalue weighted by Gasteiger charge is -2.24. The van der Waals surface area contributed by atoms with Gasteiger partial charge in [-0.2, -0.15) is 0 Å². The van der Waals surface area contributed by atoms with Gasteiger partial charge in [-0.15, -0.1) is 0 Å². The maximum atomic E-state index is 12.1. The number of benzene rings is 1. The highest BCUT2D eigenvalue weighted by molar-refractivity contribution is 5.93. The van der Waals surface area contributed by atoms with Gasteiger partial charge >= 0.3 is 0 Å². The first kappa shape index (κ1) is 20.3. The Morgan fingerprint density at radius 3 is 2.77 bits per heavy atom. The lowest BCUT2D eigenvalue weighted by molar-refractivity contribution is -0.122. The van der Waals surface area contributed by atoms with E-state index in [-0.39, 0.29) is 11.8 Å². The molecule has 5 heteroatoms. The van der Waals surface area contributed by atoms with Crippen LogP contribution in [0.2, 0.25) is 0 Å². The van der Waals surface area contributed by atoms with E-state index >= 15 is 0 Å². The molecule has 144 valence electrons. The lowest BCUT2D eigenvalue weighted by Crippen LogP contribution is -2.41. The third kappa shape index (κ3) is 6.70. The number of amides is 1. The van der Waals surface area contributed by atoms with Crippen molar-refractivity contribution >= 4 is 17.6 Å².